The number of fused-ring (bicyclic) bond motifs is 5. The van der Waals surface area contributed by atoms with Crippen molar-refractivity contribution in [1.82, 2.24) is 4.57 Å². The molecule has 0 heterocycles. The highest BCUT2D eigenvalue weighted by molar-refractivity contribution is 6.76. The molecule has 1 aromatic rings. The third-order valence-electron chi connectivity index (χ3n) is 12.6. The molecule has 3 unspecified atom stereocenters. The zero-order valence-electron chi connectivity index (χ0n) is 27.9. The highest BCUT2D eigenvalue weighted by atomic mass is 28.3. The predicted octanol–water partition coefficient (Wildman–Crippen LogP) is 10.7. The molecule has 5 aliphatic rings. The molecule has 2 fully saturated rings. The van der Waals surface area contributed by atoms with Gasteiger partial charge in [-0.3, -0.25) is 0 Å². The van der Waals surface area contributed by atoms with Crippen LogP contribution >= 0.6 is 0 Å². The maximum Gasteiger partial charge on any atom is 0.126 e. The molecule has 1 aromatic carbocycles. The average Bonchev–Trinajstić information content (AvgIpc) is 3.37. The zero-order chi connectivity index (χ0) is 29.0. The molecule has 0 spiro atoms. The van der Waals surface area contributed by atoms with Gasteiger partial charge in [-0.25, -0.2) is 0 Å². The standard InChI is InChI=1S/C38H59NSi/c1-35(2,3)39(26-15-13-12-14-16-26)40(10,11)34-18-17-25-21-28-29-23-32-33(37(6,7)20-19-36(32,4)5)24-31(29)38(8,9)30(28)22-27(25)34/h21-27,34H,12-20H2,1-11H3. The van der Waals surface area contributed by atoms with Gasteiger partial charge in [-0.05, 0) is 114 Å². The first kappa shape index (κ1) is 29.0. The summed E-state index contributed by atoms with van der Waals surface area (Å²) >= 11 is 0. The fraction of sp³-hybridized carbons (Fsp3) is 0.737. The van der Waals surface area contributed by atoms with Crippen molar-refractivity contribution >= 4 is 13.8 Å². The molecule has 6 rings (SSSR count). The molecule has 0 bridgehead atoms. The van der Waals surface area contributed by atoms with E-state index in [1.54, 1.807) is 33.4 Å². The minimum atomic E-state index is -1.70. The molecule has 1 nitrogen and oxygen atoms in total. The lowest BCUT2D eigenvalue weighted by Crippen LogP contribution is -2.64. The normalized spacial score (nSPS) is 30.8. The van der Waals surface area contributed by atoms with Crippen LogP contribution in [0.3, 0.4) is 0 Å². The van der Waals surface area contributed by atoms with E-state index >= 15 is 0 Å². The van der Waals surface area contributed by atoms with Crippen molar-refractivity contribution in [2.75, 3.05) is 0 Å². The van der Waals surface area contributed by atoms with Crippen molar-refractivity contribution < 1.29 is 0 Å². The van der Waals surface area contributed by atoms with Crippen LogP contribution < -0.4 is 0 Å². The number of benzene rings is 1. The molecule has 0 amide bonds. The number of rotatable bonds is 3. The van der Waals surface area contributed by atoms with Gasteiger partial charge in [0.25, 0.3) is 0 Å². The monoisotopic (exact) mass is 557 g/mol. The van der Waals surface area contributed by atoms with Crippen LogP contribution in [0.4, 0.5) is 0 Å². The molecule has 2 saturated carbocycles. The van der Waals surface area contributed by atoms with Crippen LogP contribution in [0, 0.1) is 11.8 Å². The first-order chi connectivity index (χ1) is 18.5. The minimum Gasteiger partial charge on any atom is -0.316 e. The van der Waals surface area contributed by atoms with E-state index in [1.165, 1.54) is 57.8 Å². The lowest BCUT2D eigenvalue weighted by Gasteiger charge is -2.55. The van der Waals surface area contributed by atoms with Gasteiger partial charge in [0, 0.05) is 17.0 Å². The first-order valence-electron chi connectivity index (χ1n) is 16.9. The van der Waals surface area contributed by atoms with Gasteiger partial charge in [-0.15, -0.1) is 0 Å². The van der Waals surface area contributed by atoms with Gasteiger partial charge in [-0.1, -0.05) is 105 Å². The van der Waals surface area contributed by atoms with Crippen molar-refractivity contribution in [1.29, 1.82) is 0 Å². The Morgan fingerprint density at radius 1 is 0.750 bits per heavy atom. The van der Waals surface area contributed by atoms with Gasteiger partial charge in [0.2, 0.25) is 0 Å². The van der Waals surface area contributed by atoms with Gasteiger partial charge in [0.15, 0.2) is 0 Å². The highest BCUT2D eigenvalue weighted by Crippen LogP contribution is 2.61. The molecular weight excluding hydrogens is 499 g/mol. The van der Waals surface area contributed by atoms with E-state index in [4.69, 9.17) is 0 Å². The molecule has 40 heavy (non-hydrogen) atoms. The Morgan fingerprint density at radius 3 is 1.95 bits per heavy atom. The SMILES string of the molecule is CC1(C)CCC(C)(C)c2cc3c(cc21)C1=CC2CCC([Si](C)(C)N(C4CCCCC4)C(C)(C)C)C2C=C1C3(C)C. The molecule has 0 aliphatic heterocycles. The van der Waals surface area contributed by atoms with Crippen LogP contribution in [-0.2, 0) is 16.2 Å². The van der Waals surface area contributed by atoms with E-state index in [9.17, 15) is 0 Å². The molecule has 220 valence electrons. The second-order valence-electron chi connectivity index (χ2n) is 17.9. The number of hydrogen-bond acceptors (Lipinski definition) is 1. The van der Waals surface area contributed by atoms with E-state index in [2.05, 4.69) is 104 Å². The van der Waals surface area contributed by atoms with Crippen LogP contribution in [0.1, 0.15) is 142 Å². The summed E-state index contributed by atoms with van der Waals surface area (Å²) in [4.78, 5) is 0. The Balaban J connectivity index is 1.41. The first-order valence-corrected chi connectivity index (χ1v) is 19.9. The van der Waals surface area contributed by atoms with Gasteiger partial charge in [-0.2, -0.15) is 0 Å². The molecule has 5 aliphatic carbocycles. The molecule has 0 N–H and O–H groups in total. The van der Waals surface area contributed by atoms with Crippen LogP contribution in [-0.4, -0.2) is 24.4 Å². The Bertz CT molecular complexity index is 1240. The molecule has 0 radical (unpaired) electrons. The van der Waals surface area contributed by atoms with E-state index in [0.717, 1.165) is 11.6 Å². The summed E-state index contributed by atoms with van der Waals surface area (Å²) in [5, 5.41) is 0. The Kier molecular flexibility index (Phi) is 6.65. The summed E-state index contributed by atoms with van der Waals surface area (Å²) in [5.41, 5.74) is 11.4. The quantitative estimate of drug-likeness (QED) is 0.334. The second kappa shape index (κ2) is 9.19. The zero-order valence-corrected chi connectivity index (χ0v) is 28.9. The summed E-state index contributed by atoms with van der Waals surface area (Å²) in [6.45, 7) is 28.0. The van der Waals surface area contributed by atoms with E-state index in [-0.39, 0.29) is 21.8 Å². The molecule has 2 heteroatoms. The Morgan fingerprint density at radius 2 is 1.35 bits per heavy atom. The maximum absolute atomic E-state index is 3.14. The minimum absolute atomic E-state index is 0.0881. The van der Waals surface area contributed by atoms with E-state index in [0.29, 0.717) is 11.8 Å². The summed E-state index contributed by atoms with van der Waals surface area (Å²) in [6.07, 6.45) is 18.1. The van der Waals surface area contributed by atoms with Crippen LogP contribution in [0.25, 0.3) is 5.57 Å². The van der Waals surface area contributed by atoms with Crippen LogP contribution in [0.5, 0.6) is 0 Å². The van der Waals surface area contributed by atoms with E-state index < -0.39 is 8.24 Å². The summed E-state index contributed by atoms with van der Waals surface area (Å²) < 4.78 is 3.14. The van der Waals surface area contributed by atoms with Gasteiger partial charge < -0.3 is 4.57 Å². The average molecular weight is 558 g/mol. The number of hydrogen-bond donors (Lipinski definition) is 0. The predicted molar refractivity (Wildman–Crippen MR) is 177 cm³/mol. The number of allylic oxidation sites excluding steroid dienone is 4. The lowest BCUT2D eigenvalue weighted by molar-refractivity contribution is 0.140. The van der Waals surface area contributed by atoms with Crippen molar-refractivity contribution in [3.8, 4) is 0 Å². The van der Waals surface area contributed by atoms with Crippen molar-refractivity contribution in [2.24, 2.45) is 11.8 Å². The third kappa shape index (κ3) is 4.32. The molecule has 3 atom stereocenters. The van der Waals surface area contributed by atoms with Crippen molar-refractivity contribution in [3.05, 3.63) is 52.1 Å². The topological polar surface area (TPSA) is 3.24 Å². The van der Waals surface area contributed by atoms with Crippen molar-refractivity contribution in [2.45, 2.75) is 167 Å². The van der Waals surface area contributed by atoms with Crippen LogP contribution in [0.2, 0.25) is 18.6 Å². The van der Waals surface area contributed by atoms with E-state index in [1.807, 2.05) is 0 Å². The fourth-order valence-electron chi connectivity index (χ4n) is 10.6. The lowest BCUT2D eigenvalue weighted by atomic mass is 9.62. The summed E-state index contributed by atoms with van der Waals surface area (Å²) in [5.74, 6) is 1.43. The summed E-state index contributed by atoms with van der Waals surface area (Å²) in [6, 6.07) is 6.12. The molecular formula is C38H59NSi. The number of nitrogens with zero attached hydrogens (tertiary/aromatic N) is 1. The Hall–Kier alpha value is -1.12. The van der Waals surface area contributed by atoms with Gasteiger partial charge in [0.1, 0.15) is 8.24 Å². The smallest absolute Gasteiger partial charge is 0.126 e. The fourth-order valence-corrected chi connectivity index (χ4v) is 16.0. The molecule has 0 saturated heterocycles. The van der Waals surface area contributed by atoms with Crippen molar-refractivity contribution in [3.63, 3.8) is 0 Å². The maximum atomic E-state index is 3.14. The molecule has 0 aromatic heterocycles. The largest absolute Gasteiger partial charge is 0.316 e. The summed E-state index contributed by atoms with van der Waals surface area (Å²) in [7, 11) is -1.70. The highest BCUT2D eigenvalue weighted by Gasteiger charge is 2.54. The van der Waals surface area contributed by atoms with Gasteiger partial charge >= 0.3 is 0 Å². The second-order valence-corrected chi connectivity index (χ2v) is 22.4. The van der Waals surface area contributed by atoms with Crippen LogP contribution in [0.15, 0.2) is 29.9 Å². The van der Waals surface area contributed by atoms with Gasteiger partial charge in [0.05, 0.1) is 0 Å². The Labute approximate surface area is 248 Å². The third-order valence-corrected chi connectivity index (χ3v) is 17.4.